The molecule has 0 aliphatic rings. The van der Waals surface area contributed by atoms with Crippen LogP contribution in [0.2, 0.25) is 0 Å². The van der Waals surface area contributed by atoms with E-state index in [0.29, 0.717) is 28.8 Å². The Bertz CT molecular complexity index is 820. The number of para-hydroxylation sites is 1. The third-order valence-corrected chi connectivity index (χ3v) is 3.48. The van der Waals surface area contributed by atoms with Crippen LogP contribution in [-0.4, -0.2) is 0 Å². The minimum atomic E-state index is 0.000373. The highest BCUT2D eigenvalue weighted by atomic mass is 16.3. The summed E-state index contributed by atoms with van der Waals surface area (Å²) in [6.45, 7) is 2.14. The maximum Gasteiger partial charge on any atom is 0.196 e. The lowest BCUT2D eigenvalue weighted by Crippen LogP contribution is -2.09. The van der Waals surface area contributed by atoms with E-state index >= 15 is 0 Å². The van der Waals surface area contributed by atoms with Crippen molar-refractivity contribution >= 4 is 11.0 Å². The first-order valence-corrected chi connectivity index (χ1v) is 6.53. The van der Waals surface area contributed by atoms with E-state index in [1.54, 1.807) is 13.0 Å². The Kier molecular flexibility index (Phi) is 3.12. The van der Waals surface area contributed by atoms with Crippen molar-refractivity contribution in [1.29, 1.82) is 0 Å². The van der Waals surface area contributed by atoms with Crippen LogP contribution in [0.3, 0.4) is 0 Å². The summed E-state index contributed by atoms with van der Waals surface area (Å²) < 4.78 is 6.00. The topological polar surface area (TPSA) is 56.2 Å². The predicted molar refractivity (Wildman–Crippen MR) is 80.5 cm³/mol. The largest absolute Gasteiger partial charge is 0.455 e. The molecule has 1 aromatic heterocycles. The van der Waals surface area contributed by atoms with Gasteiger partial charge in [-0.3, -0.25) is 4.79 Å². The van der Waals surface area contributed by atoms with Crippen LogP contribution < -0.4 is 11.2 Å². The zero-order chi connectivity index (χ0) is 14.1. The molecule has 2 N–H and O–H groups in total. The van der Waals surface area contributed by atoms with E-state index in [-0.39, 0.29) is 5.43 Å². The van der Waals surface area contributed by atoms with Gasteiger partial charge in [-0.05, 0) is 13.0 Å². The highest BCUT2D eigenvalue weighted by molar-refractivity contribution is 5.83. The van der Waals surface area contributed by atoms with Crippen LogP contribution in [0.4, 0.5) is 0 Å². The molecule has 0 aliphatic heterocycles. The van der Waals surface area contributed by atoms with E-state index in [0.717, 1.165) is 11.1 Å². The Balaban J connectivity index is 2.40. The summed E-state index contributed by atoms with van der Waals surface area (Å²) in [5, 5.41) is 0.588. The molecule has 100 valence electrons. The van der Waals surface area contributed by atoms with Crippen molar-refractivity contribution in [2.24, 2.45) is 5.73 Å². The predicted octanol–water partition coefficient (Wildman–Crippen LogP) is 3.23. The van der Waals surface area contributed by atoms with Gasteiger partial charge in [-0.1, -0.05) is 42.5 Å². The molecule has 0 atom stereocenters. The molecule has 20 heavy (non-hydrogen) atoms. The molecule has 2 aromatic carbocycles. The van der Waals surface area contributed by atoms with Gasteiger partial charge in [0.2, 0.25) is 0 Å². The minimum Gasteiger partial charge on any atom is -0.455 e. The van der Waals surface area contributed by atoms with E-state index < -0.39 is 0 Å². The summed E-state index contributed by atoms with van der Waals surface area (Å²) in [5.74, 6) is 0.615. The number of benzene rings is 2. The molecule has 1 heterocycles. The summed E-state index contributed by atoms with van der Waals surface area (Å²) in [4.78, 5) is 12.5. The first-order chi connectivity index (χ1) is 9.72. The fourth-order valence-corrected chi connectivity index (χ4v) is 2.39. The third kappa shape index (κ3) is 1.92. The van der Waals surface area contributed by atoms with Gasteiger partial charge in [-0.2, -0.15) is 0 Å². The Morgan fingerprint density at radius 3 is 2.50 bits per heavy atom. The first-order valence-electron chi connectivity index (χ1n) is 6.53. The van der Waals surface area contributed by atoms with Crippen molar-refractivity contribution in [2.75, 3.05) is 0 Å². The van der Waals surface area contributed by atoms with Crippen molar-refractivity contribution in [3.8, 4) is 11.3 Å². The number of hydrogen-bond donors (Lipinski definition) is 1. The van der Waals surface area contributed by atoms with Crippen molar-refractivity contribution < 1.29 is 4.42 Å². The molecule has 0 spiro atoms. The van der Waals surface area contributed by atoms with Crippen LogP contribution in [-0.2, 0) is 6.54 Å². The highest BCUT2D eigenvalue weighted by Gasteiger charge is 2.14. The molecular formula is C17H15NO2. The highest BCUT2D eigenvalue weighted by Crippen LogP contribution is 2.26. The van der Waals surface area contributed by atoms with Crippen molar-refractivity contribution in [2.45, 2.75) is 13.5 Å². The van der Waals surface area contributed by atoms with Gasteiger partial charge in [-0.15, -0.1) is 0 Å². The molecule has 3 rings (SSSR count). The van der Waals surface area contributed by atoms with Gasteiger partial charge in [-0.25, -0.2) is 0 Å². The molecule has 3 aromatic rings. The van der Waals surface area contributed by atoms with Gasteiger partial charge in [0.25, 0.3) is 0 Å². The summed E-state index contributed by atoms with van der Waals surface area (Å²) in [5.41, 5.74) is 8.68. The minimum absolute atomic E-state index is 0.000373. The fourth-order valence-electron chi connectivity index (χ4n) is 2.39. The summed E-state index contributed by atoms with van der Waals surface area (Å²) in [6.07, 6.45) is 0. The van der Waals surface area contributed by atoms with E-state index in [1.807, 2.05) is 42.5 Å². The zero-order valence-electron chi connectivity index (χ0n) is 11.2. The number of hydrogen-bond acceptors (Lipinski definition) is 3. The zero-order valence-corrected chi connectivity index (χ0v) is 11.2. The van der Waals surface area contributed by atoms with Crippen LogP contribution in [0, 0.1) is 6.92 Å². The van der Waals surface area contributed by atoms with E-state index in [4.69, 9.17) is 10.2 Å². The average molecular weight is 265 g/mol. The van der Waals surface area contributed by atoms with Crippen LogP contribution in [0.25, 0.3) is 22.3 Å². The van der Waals surface area contributed by atoms with E-state index in [1.165, 1.54) is 0 Å². The van der Waals surface area contributed by atoms with Crippen LogP contribution >= 0.6 is 0 Å². The molecule has 0 bridgehead atoms. The molecule has 0 saturated carbocycles. The molecule has 0 unspecified atom stereocenters. The second-order valence-electron chi connectivity index (χ2n) is 4.75. The van der Waals surface area contributed by atoms with Gasteiger partial charge in [0, 0.05) is 23.2 Å². The number of rotatable bonds is 2. The van der Waals surface area contributed by atoms with Gasteiger partial charge in [0.15, 0.2) is 5.43 Å². The number of nitrogens with two attached hydrogens (primary N) is 1. The van der Waals surface area contributed by atoms with Gasteiger partial charge < -0.3 is 10.2 Å². The maximum absolute atomic E-state index is 12.5. The van der Waals surface area contributed by atoms with E-state index in [9.17, 15) is 4.79 Å². The molecule has 0 fully saturated rings. The van der Waals surface area contributed by atoms with Crippen molar-refractivity contribution in [1.82, 2.24) is 0 Å². The smallest absolute Gasteiger partial charge is 0.196 e. The van der Waals surface area contributed by atoms with Crippen LogP contribution in [0.5, 0.6) is 0 Å². The lowest BCUT2D eigenvalue weighted by Gasteiger charge is -2.09. The molecule has 0 saturated heterocycles. The van der Waals surface area contributed by atoms with E-state index in [2.05, 4.69) is 0 Å². The second kappa shape index (κ2) is 4.94. The normalized spacial score (nSPS) is 10.9. The van der Waals surface area contributed by atoms with Gasteiger partial charge in [0.1, 0.15) is 11.3 Å². The van der Waals surface area contributed by atoms with Crippen LogP contribution in [0.1, 0.15) is 11.1 Å². The monoisotopic (exact) mass is 265 g/mol. The third-order valence-electron chi connectivity index (χ3n) is 3.48. The molecule has 0 radical (unpaired) electrons. The Morgan fingerprint density at radius 1 is 1.05 bits per heavy atom. The SMILES string of the molecule is Cc1c(-c2ccccc2)oc2c(CN)cccc2c1=O. The lowest BCUT2D eigenvalue weighted by atomic mass is 10.0. The lowest BCUT2D eigenvalue weighted by molar-refractivity contribution is 0.609. The molecule has 0 amide bonds. The molecular weight excluding hydrogens is 250 g/mol. The Labute approximate surface area is 116 Å². The molecule has 3 nitrogen and oxygen atoms in total. The Morgan fingerprint density at radius 2 is 1.80 bits per heavy atom. The molecule has 3 heteroatoms. The standard InChI is InChI=1S/C17H15NO2/c1-11-15(19)14-9-5-8-13(10-18)17(14)20-16(11)12-6-3-2-4-7-12/h2-9H,10,18H2,1H3. The number of fused-ring (bicyclic) bond motifs is 1. The molecule has 0 aliphatic carbocycles. The quantitative estimate of drug-likeness (QED) is 0.774. The van der Waals surface area contributed by atoms with Gasteiger partial charge in [0.05, 0.1) is 5.39 Å². The summed E-state index contributed by atoms with van der Waals surface area (Å²) >= 11 is 0. The average Bonchev–Trinajstić information content (AvgIpc) is 2.51. The fraction of sp³-hybridized carbons (Fsp3) is 0.118. The second-order valence-corrected chi connectivity index (χ2v) is 4.75. The summed E-state index contributed by atoms with van der Waals surface area (Å²) in [6, 6.07) is 15.1. The van der Waals surface area contributed by atoms with Crippen molar-refractivity contribution in [3.63, 3.8) is 0 Å². The van der Waals surface area contributed by atoms with Crippen molar-refractivity contribution in [3.05, 3.63) is 69.9 Å². The maximum atomic E-state index is 12.5. The Hall–Kier alpha value is -2.39. The first kappa shape index (κ1) is 12.6. The summed E-state index contributed by atoms with van der Waals surface area (Å²) in [7, 11) is 0. The van der Waals surface area contributed by atoms with Gasteiger partial charge >= 0.3 is 0 Å². The van der Waals surface area contributed by atoms with Crippen LogP contribution in [0.15, 0.2) is 57.7 Å².